The molecule has 0 aliphatic heterocycles. The highest BCUT2D eigenvalue weighted by Crippen LogP contribution is 2.49. The Kier molecular flexibility index (Phi) is 4.33. The summed E-state index contributed by atoms with van der Waals surface area (Å²) in [4.78, 5) is 16.8. The van der Waals surface area contributed by atoms with Crippen molar-refractivity contribution in [3.63, 3.8) is 0 Å². The monoisotopic (exact) mass is 346 g/mol. The van der Waals surface area contributed by atoms with Crippen LogP contribution < -0.4 is 5.32 Å². The van der Waals surface area contributed by atoms with Crippen LogP contribution in [0.3, 0.4) is 0 Å². The number of hydrogen-bond acceptors (Lipinski definition) is 4. The third-order valence-electron chi connectivity index (χ3n) is 5.42. The second-order valence-corrected chi connectivity index (χ2v) is 9.18. The van der Waals surface area contributed by atoms with Crippen LogP contribution in [0.1, 0.15) is 32.6 Å². The molecule has 122 valence electrons. The van der Waals surface area contributed by atoms with Gasteiger partial charge in [-0.15, -0.1) is 11.3 Å². The molecule has 2 aliphatic rings. The Bertz CT molecular complexity index is 681. The van der Waals surface area contributed by atoms with Gasteiger partial charge in [0.25, 0.3) is 0 Å². The van der Waals surface area contributed by atoms with Crippen LogP contribution in [-0.2, 0) is 4.79 Å². The number of fused-ring (bicyclic) bond motifs is 3. The minimum Gasteiger partial charge on any atom is -0.353 e. The van der Waals surface area contributed by atoms with E-state index in [4.69, 9.17) is 0 Å². The lowest BCUT2D eigenvalue weighted by Crippen LogP contribution is -2.40. The average Bonchev–Trinajstić information content (AvgIpc) is 3.26. The first-order valence-electron chi connectivity index (χ1n) is 8.47. The van der Waals surface area contributed by atoms with Gasteiger partial charge in [0.15, 0.2) is 4.34 Å². The molecule has 2 fully saturated rings. The number of aromatic nitrogens is 1. The van der Waals surface area contributed by atoms with E-state index < -0.39 is 0 Å². The molecule has 1 N–H and O–H groups in total. The minimum atomic E-state index is 0.143. The lowest BCUT2D eigenvalue weighted by molar-refractivity contribution is -0.119. The van der Waals surface area contributed by atoms with Gasteiger partial charge < -0.3 is 5.32 Å². The molecule has 0 unspecified atom stereocenters. The van der Waals surface area contributed by atoms with Crippen molar-refractivity contribution >= 4 is 39.2 Å². The van der Waals surface area contributed by atoms with Crippen molar-refractivity contribution in [2.45, 2.75) is 43.0 Å². The van der Waals surface area contributed by atoms with E-state index >= 15 is 0 Å². The van der Waals surface area contributed by atoms with Crippen LogP contribution >= 0.6 is 23.1 Å². The van der Waals surface area contributed by atoms with E-state index in [9.17, 15) is 4.79 Å². The average molecular weight is 347 g/mol. The van der Waals surface area contributed by atoms with Crippen molar-refractivity contribution in [2.75, 3.05) is 5.75 Å². The Morgan fingerprint density at radius 1 is 1.39 bits per heavy atom. The van der Waals surface area contributed by atoms with Gasteiger partial charge >= 0.3 is 0 Å². The summed E-state index contributed by atoms with van der Waals surface area (Å²) in [6.07, 6.45) is 5.49. The van der Waals surface area contributed by atoms with Crippen LogP contribution in [0, 0.1) is 17.8 Å². The SMILES string of the molecule is C[C@H](NC(=O)CSc1nc2ccccc2s1)[C@H]1C[C@@H]2CC[C@H]1C2. The zero-order valence-corrected chi connectivity index (χ0v) is 15.0. The Morgan fingerprint density at radius 2 is 2.26 bits per heavy atom. The number of para-hydroxylation sites is 1. The van der Waals surface area contributed by atoms with E-state index in [-0.39, 0.29) is 5.91 Å². The first kappa shape index (κ1) is 15.5. The van der Waals surface area contributed by atoms with Crippen molar-refractivity contribution in [3.05, 3.63) is 24.3 Å². The molecule has 5 heteroatoms. The maximum atomic E-state index is 12.2. The van der Waals surface area contributed by atoms with Gasteiger partial charge in [-0.05, 0) is 56.1 Å². The molecule has 1 aromatic heterocycles. The Morgan fingerprint density at radius 3 is 3.00 bits per heavy atom. The Hall–Kier alpha value is -1.07. The van der Waals surface area contributed by atoms with E-state index in [0.29, 0.717) is 17.7 Å². The quantitative estimate of drug-likeness (QED) is 0.819. The first-order valence-corrected chi connectivity index (χ1v) is 10.3. The summed E-state index contributed by atoms with van der Waals surface area (Å²) in [6, 6.07) is 8.44. The number of carbonyl (C=O) groups is 1. The van der Waals surface area contributed by atoms with Crippen LogP contribution in [0.25, 0.3) is 10.2 Å². The van der Waals surface area contributed by atoms with Crippen LogP contribution in [0.4, 0.5) is 0 Å². The molecule has 23 heavy (non-hydrogen) atoms. The van der Waals surface area contributed by atoms with Gasteiger partial charge in [-0.25, -0.2) is 4.98 Å². The third-order valence-corrected chi connectivity index (χ3v) is 7.60. The number of amides is 1. The summed E-state index contributed by atoms with van der Waals surface area (Å²) < 4.78 is 2.17. The highest BCUT2D eigenvalue weighted by atomic mass is 32.2. The number of carbonyl (C=O) groups excluding carboxylic acids is 1. The molecule has 2 bridgehead atoms. The molecule has 3 nitrogen and oxygen atoms in total. The molecule has 4 atom stereocenters. The highest BCUT2D eigenvalue weighted by Gasteiger charge is 2.42. The van der Waals surface area contributed by atoms with Gasteiger partial charge in [0, 0.05) is 6.04 Å². The van der Waals surface area contributed by atoms with Crippen molar-refractivity contribution in [2.24, 2.45) is 17.8 Å². The number of thioether (sulfide) groups is 1. The molecule has 2 aliphatic carbocycles. The Labute approximate surface area is 145 Å². The molecule has 4 rings (SSSR count). The molecule has 0 radical (unpaired) electrons. The van der Waals surface area contributed by atoms with Crippen molar-refractivity contribution in [1.82, 2.24) is 10.3 Å². The van der Waals surface area contributed by atoms with Gasteiger partial charge in [0.05, 0.1) is 16.0 Å². The fraction of sp³-hybridized carbons (Fsp3) is 0.556. The molecule has 1 aromatic carbocycles. The lowest BCUT2D eigenvalue weighted by Gasteiger charge is -2.28. The van der Waals surface area contributed by atoms with E-state index in [1.54, 1.807) is 23.1 Å². The van der Waals surface area contributed by atoms with Crippen LogP contribution in [0.5, 0.6) is 0 Å². The number of rotatable bonds is 5. The van der Waals surface area contributed by atoms with Crippen molar-refractivity contribution in [1.29, 1.82) is 0 Å². The summed E-state index contributed by atoms with van der Waals surface area (Å²) in [5, 5.41) is 3.23. The fourth-order valence-electron chi connectivity index (χ4n) is 4.35. The second kappa shape index (κ2) is 6.44. The predicted octanol–water partition coefficient (Wildman–Crippen LogP) is 4.33. The number of benzene rings is 1. The highest BCUT2D eigenvalue weighted by molar-refractivity contribution is 8.01. The second-order valence-electron chi connectivity index (χ2n) is 6.93. The summed E-state index contributed by atoms with van der Waals surface area (Å²) in [5.74, 6) is 3.09. The summed E-state index contributed by atoms with van der Waals surface area (Å²) in [7, 11) is 0. The molecule has 1 heterocycles. The molecule has 2 aromatic rings. The summed E-state index contributed by atoms with van der Waals surface area (Å²) >= 11 is 3.21. The Balaban J connectivity index is 1.30. The number of nitrogens with zero attached hydrogens (tertiary/aromatic N) is 1. The largest absolute Gasteiger partial charge is 0.353 e. The summed E-state index contributed by atoms with van der Waals surface area (Å²) in [5.41, 5.74) is 1.02. The molecule has 2 saturated carbocycles. The van der Waals surface area contributed by atoms with Crippen molar-refractivity contribution < 1.29 is 4.79 Å². The smallest absolute Gasteiger partial charge is 0.230 e. The lowest BCUT2D eigenvalue weighted by atomic mass is 9.84. The van der Waals surface area contributed by atoms with Gasteiger partial charge in [-0.1, -0.05) is 30.3 Å². The first-order chi connectivity index (χ1) is 11.2. The number of nitrogens with one attached hydrogen (secondary N) is 1. The van der Waals surface area contributed by atoms with E-state index in [1.807, 2.05) is 18.2 Å². The molecule has 1 amide bonds. The van der Waals surface area contributed by atoms with E-state index in [2.05, 4.69) is 23.3 Å². The standard InChI is InChI=1S/C18H22N2OS2/c1-11(14-9-12-6-7-13(14)8-12)19-17(21)10-22-18-20-15-4-2-3-5-16(15)23-18/h2-5,11-14H,6-10H2,1H3,(H,19,21)/t11-,12+,13-,14+/m0/s1. The fourth-order valence-corrected chi connectivity index (χ4v) is 6.23. The van der Waals surface area contributed by atoms with E-state index in [1.165, 1.54) is 30.4 Å². The van der Waals surface area contributed by atoms with Crippen LogP contribution in [0.15, 0.2) is 28.6 Å². The van der Waals surface area contributed by atoms with Crippen LogP contribution in [-0.4, -0.2) is 22.7 Å². The van der Waals surface area contributed by atoms with Crippen LogP contribution in [0.2, 0.25) is 0 Å². The zero-order valence-electron chi connectivity index (χ0n) is 13.3. The van der Waals surface area contributed by atoms with Crippen molar-refractivity contribution in [3.8, 4) is 0 Å². The molecule has 0 spiro atoms. The molecule has 0 saturated heterocycles. The normalized spacial score (nSPS) is 27.4. The van der Waals surface area contributed by atoms with Gasteiger partial charge in [0.1, 0.15) is 0 Å². The predicted molar refractivity (Wildman–Crippen MR) is 96.9 cm³/mol. The number of hydrogen-bond donors (Lipinski definition) is 1. The topological polar surface area (TPSA) is 42.0 Å². The molecular weight excluding hydrogens is 324 g/mol. The molecular formula is C18H22N2OS2. The third kappa shape index (κ3) is 3.26. The maximum Gasteiger partial charge on any atom is 0.230 e. The minimum absolute atomic E-state index is 0.143. The zero-order chi connectivity index (χ0) is 15.8. The summed E-state index contributed by atoms with van der Waals surface area (Å²) in [6.45, 7) is 2.19. The maximum absolute atomic E-state index is 12.2. The van der Waals surface area contributed by atoms with Gasteiger partial charge in [0.2, 0.25) is 5.91 Å². The van der Waals surface area contributed by atoms with Gasteiger partial charge in [-0.2, -0.15) is 0 Å². The number of thiazole rings is 1. The van der Waals surface area contributed by atoms with E-state index in [0.717, 1.165) is 21.7 Å². The van der Waals surface area contributed by atoms with Gasteiger partial charge in [-0.3, -0.25) is 4.79 Å².